The molecule has 0 saturated heterocycles. The van der Waals surface area contributed by atoms with Crippen LogP contribution in [0.2, 0.25) is 0 Å². The number of nitrogens with one attached hydrogen (secondary N) is 1. The minimum atomic E-state index is 0.287. The van der Waals surface area contributed by atoms with Gasteiger partial charge in [-0.25, -0.2) is 0 Å². The summed E-state index contributed by atoms with van der Waals surface area (Å²) in [5.41, 5.74) is 1.38. The van der Waals surface area contributed by atoms with E-state index in [9.17, 15) is 0 Å². The third-order valence-electron chi connectivity index (χ3n) is 3.30. The van der Waals surface area contributed by atoms with Gasteiger partial charge >= 0.3 is 0 Å². The van der Waals surface area contributed by atoms with Crippen molar-refractivity contribution in [3.63, 3.8) is 0 Å². The van der Waals surface area contributed by atoms with E-state index in [-0.39, 0.29) is 6.10 Å². The summed E-state index contributed by atoms with van der Waals surface area (Å²) in [6, 6.07) is 8.63. The maximum Gasteiger partial charge on any atom is 0.0549 e. The Morgan fingerprint density at radius 3 is 2.26 bits per heavy atom. The standard InChI is InChI=1S/C16H26BrNO/c1-12(2)10-18-11-15(9-13(3)19-4)14-5-7-16(17)8-6-14/h5-8,12-13,15,18H,9-11H2,1-4H3. The van der Waals surface area contributed by atoms with Crippen LogP contribution in [-0.4, -0.2) is 26.3 Å². The molecule has 0 aliphatic carbocycles. The van der Waals surface area contributed by atoms with Gasteiger partial charge in [-0.15, -0.1) is 0 Å². The first-order valence-corrected chi connectivity index (χ1v) is 7.81. The molecule has 0 aliphatic rings. The Morgan fingerprint density at radius 1 is 1.11 bits per heavy atom. The van der Waals surface area contributed by atoms with Crippen LogP contribution in [-0.2, 0) is 4.74 Å². The highest BCUT2D eigenvalue weighted by atomic mass is 79.9. The first kappa shape index (κ1) is 16.7. The normalized spacial score (nSPS) is 14.6. The van der Waals surface area contributed by atoms with E-state index in [1.807, 2.05) is 0 Å². The van der Waals surface area contributed by atoms with Crippen LogP contribution in [0.3, 0.4) is 0 Å². The molecule has 3 heteroatoms. The van der Waals surface area contributed by atoms with Gasteiger partial charge in [0.2, 0.25) is 0 Å². The molecule has 0 amide bonds. The molecule has 2 unspecified atom stereocenters. The zero-order valence-electron chi connectivity index (χ0n) is 12.4. The zero-order chi connectivity index (χ0) is 14.3. The van der Waals surface area contributed by atoms with E-state index >= 15 is 0 Å². The summed E-state index contributed by atoms with van der Waals surface area (Å²) in [7, 11) is 1.78. The van der Waals surface area contributed by atoms with Gasteiger partial charge in [0, 0.05) is 18.1 Å². The number of methoxy groups -OCH3 is 1. The summed E-state index contributed by atoms with van der Waals surface area (Å²) in [5, 5.41) is 3.56. The predicted molar refractivity (Wildman–Crippen MR) is 85.7 cm³/mol. The van der Waals surface area contributed by atoms with E-state index < -0.39 is 0 Å². The van der Waals surface area contributed by atoms with Gasteiger partial charge in [-0.3, -0.25) is 0 Å². The van der Waals surface area contributed by atoms with Crippen LogP contribution in [0, 0.1) is 5.92 Å². The smallest absolute Gasteiger partial charge is 0.0549 e. The summed E-state index contributed by atoms with van der Waals surface area (Å²) in [6.45, 7) is 8.68. The van der Waals surface area contributed by atoms with Crippen LogP contribution < -0.4 is 5.32 Å². The van der Waals surface area contributed by atoms with Gasteiger partial charge < -0.3 is 10.1 Å². The molecule has 0 aromatic heterocycles. The van der Waals surface area contributed by atoms with E-state index in [1.54, 1.807) is 7.11 Å². The van der Waals surface area contributed by atoms with Gasteiger partial charge in [0.05, 0.1) is 6.10 Å². The Bertz CT molecular complexity index is 350. The molecule has 1 aromatic carbocycles. The molecule has 0 bridgehead atoms. The lowest BCUT2D eigenvalue weighted by Gasteiger charge is -2.22. The van der Waals surface area contributed by atoms with E-state index in [0.717, 1.165) is 24.0 Å². The van der Waals surface area contributed by atoms with Crippen LogP contribution >= 0.6 is 15.9 Å². The Kier molecular flexibility index (Phi) is 7.66. The predicted octanol–water partition coefficient (Wildman–Crippen LogP) is 4.20. The lowest BCUT2D eigenvalue weighted by Crippen LogP contribution is -2.27. The molecule has 0 radical (unpaired) electrons. The minimum absolute atomic E-state index is 0.287. The van der Waals surface area contributed by atoms with Crippen molar-refractivity contribution in [2.45, 2.75) is 39.2 Å². The zero-order valence-corrected chi connectivity index (χ0v) is 14.0. The first-order valence-electron chi connectivity index (χ1n) is 7.02. The van der Waals surface area contributed by atoms with E-state index in [4.69, 9.17) is 4.74 Å². The van der Waals surface area contributed by atoms with Crippen LogP contribution in [0.4, 0.5) is 0 Å². The number of halogens is 1. The average Bonchev–Trinajstić information content (AvgIpc) is 2.38. The van der Waals surface area contributed by atoms with Crippen LogP contribution in [0.25, 0.3) is 0 Å². The molecular weight excluding hydrogens is 302 g/mol. The first-order chi connectivity index (χ1) is 9.02. The molecular formula is C16H26BrNO. The Balaban J connectivity index is 2.65. The van der Waals surface area contributed by atoms with Gasteiger partial charge in [-0.2, -0.15) is 0 Å². The van der Waals surface area contributed by atoms with Crippen molar-refractivity contribution in [1.82, 2.24) is 5.32 Å². The quantitative estimate of drug-likeness (QED) is 0.772. The van der Waals surface area contributed by atoms with Crippen molar-refractivity contribution < 1.29 is 4.74 Å². The maximum absolute atomic E-state index is 5.42. The average molecular weight is 328 g/mol. The Hall–Kier alpha value is -0.380. The number of ether oxygens (including phenoxy) is 1. The lowest BCUT2D eigenvalue weighted by molar-refractivity contribution is 0.104. The van der Waals surface area contributed by atoms with Gasteiger partial charge in [0.1, 0.15) is 0 Å². The highest BCUT2D eigenvalue weighted by Crippen LogP contribution is 2.23. The fourth-order valence-electron chi connectivity index (χ4n) is 2.12. The molecule has 1 rings (SSSR count). The molecule has 1 aromatic rings. The molecule has 0 fully saturated rings. The number of rotatable bonds is 8. The molecule has 0 spiro atoms. The van der Waals surface area contributed by atoms with Crippen LogP contribution in [0.5, 0.6) is 0 Å². The van der Waals surface area contributed by atoms with Crippen molar-refractivity contribution in [3.05, 3.63) is 34.3 Å². The highest BCUT2D eigenvalue weighted by Gasteiger charge is 2.15. The van der Waals surface area contributed by atoms with Gasteiger partial charge in [-0.1, -0.05) is 41.9 Å². The lowest BCUT2D eigenvalue weighted by atomic mass is 9.93. The van der Waals surface area contributed by atoms with Crippen molar-refractivity contribution in [3.8, 4) is 0 Å². The Labute approximate surface area is 126 Å². The largest absolute Gasteiger partial charge is 0.382 e. The van der Waals surface area contributed by atoms with Crippen molar-refractivity contribution in [2.75, 3.05) is 20.2 Å². The molecule has 108 valence electrons. The molecule has 0 heterocycles. The fraction of sp³-hybridized carbons (Fsp3) is 0.625. The third-order valence-corrected chi connectivity index (χ3v) is 3.83. The number of hydrogen-bond acceptors (Lipinski definition) is 2. The maximum atomic E-state index is 5.42. The second-order valence-corrected chi connectivity index (χ2v) is 6.50. The summed E-state index contributed by atoms with van der Waals surface area (Å²) in [6.07, 6.45) is 1.33. The Morgan fingerprint density at radius 2 is 1.74 bits per heavy atom. The molecule has 19 heavy (non-hydrogen) atoms. The molecule has 2 atom stereocenters. The summed E-state index contributed by atoms with van der Waals surface area (Å²) >= 11 is 3.49. The van der Waals surface area contributed by atoms with E-state index in [0.29, 0.717) is 11.8 Å². The number of benzene rings is 1. The van der Waals surface area contributed by atoms with Gasteiger partial charge in [0.25, 0.3) is 0 Å². The van der Waals surface area contributed by atoms with Crippen molar-refractivity contribution in [2.24, 2.45) is 5.92 Å². The third kappa shape index (κ3) is 6.55. The van der Waals surface area contributed by atoms with Gasteiger partial charge in [0.15, 0.2) is 0 Å². The second-order valence-electron chi connectivity index (χ2n) is 5.58. The fourth-order valence-corrected chi connectivity index (χ4v) is 2.38. The summed E-state index contributed by atoms with van der Waals surface area (Å²) in [5.74, 6) is 1.19. The van der Waals surface area contributed by atoms with E-state index in [1.165, 1.54) is 5.56 Å². The molecule has 2 nitrogen and oxygen atoms in total. The minimum Gasteiger partial charge on any atom is -0.382 e. The van der Waals surface area contributed by atoms with E-state index in [2.05, 4.69) is 66.3 Å². The van der Waals surface area contributed by atoms with Gasteiger partial charge in [-0.05, 0) is 49.4 Å². The molecule has 0 aliphatic heterocycles. The summed E-state index contributed by atoms with van der Waals surface area (Å²) in [4.78, 5) is 0. The van der Waals surface area contributed by atoms with Crippen LogP contribution in [0.15, 0.2) is 28.7 Å². The number of hydrogen-bond donors (Lipinski definition) is 1. The topological polar surface area (TPSA) is 21.3 Å². The SMILES string of the molecule is COC(C)CC(CNCC(C)C)c1ccc(Br)cc1. The molecule has 0 saturated carbocycles. The van der Waals surface area contributed by atoms with Crippen LogP contribution in [0.1, 0.15) is 38.7 Å². The van der Waals surface area contributed by atoms with Crippen molar-refractivity contribution >= 4 is 15.9 Å². The highest BCUT2D eigenvalue weighted by molar-refractivity contribution is 9.10. The summed E-state index contributed by atoms with van der Waals surface area (Å²) < 4.78 is 6.55. The second kappa shape index (κ2) is 8.72. The molecule has 1 N–H and O–H groups in total. The monoisotopic (exact) mass is 327 g/mol. The van der Waals surface area contributed by atoms with Crippen molar-refractivity contribution in [1.29, 1.82) is 0 Å².